The number of aromatic nitrogens is 4. The Balaban J connectivity index is 1.13. The molecule has 11 aromatic carbocycles. The number of fused-ring (bicyclic) bond motifs is 4. The maximum atomic E-state index is 11.1. The molecule has 0 spiro atoms. The number of rotatable bonds is 12. The fourth-order valence-electron chi connectivity index (χ4n) is 11.7. The summed E-state index contributed by atoms with van der Waals surface area (Å²) in [5.74, 6) is 1.44. The number of pyridine rings is 1. The van der Waals surface area contributed by atoms with Crippen LogP contribution in [-0.4, -0.2) is 22.2 Å². The molecule has 90 heavy (non-hydrogen) atoms. The van der Waals surface area contributed by atoms with E-state index in [0.717, 1.165) is 38.5 Å². The molecule has 0 unspecified atom stereocenters. The number of nitrogens with zero attached hydrogens (tertiary/aromatic N) is 4. The third-order valence-corrected chi connectivity index (χ3v) is 20.4. The van der Waals surface area contributed by atoms with Crippen LogP contribution < -0.4 is 30.1 Å². The number of ether oxygens (including phenoxy) is 1. The van der Waals surface area contributed by atoms with Crippen LogP contribution in [0.25, 0.3) is 83.4 Å². The van der Waals surface area contributed by atoms with Crippen LogP contribution in [0.5, 0.6) is 11.5 Å². The molecular weight excluding hydrogens is 1110 g/mol. The lowest BCUT2D eigenvalue weighted by Crippen LogP contribution is -2.74. The van der Waals surface area contributed by atoms with Crippen LogP contribution in [-0.2, 0) is 16.2 Å². The number of hydrogen-bond donors (Lipinski definition) is 0. The Kier molecular flexibility index (Phi) is 9.20. The van der Waals surface area contributed by atoms with Crippen molar-refractivity contribution in [3.8, 4) is 62.1 Å². The highest BCUT2D eigenvalue weighted by Gasteiger charge is 2.41. The van der Waals surface area contributed by atoms with Crippen LogP contribution in [0.3, 0.4) is 0 Å². The largest absolute Gasteiger partial charge is 0.458 e. The summed E-state index contributed by atoms with van der Waals surface area (Å²) < 4.78 is 240. The molecule has 5 nitrogen and oxygen atoms in total. The summed E-state index contributed by atoms with van der Waals surface area (Å²) in [4.78, 5) is 4.87. The minimum atomic E-state index is -6.37. The van der Waals surface area contributed by atoms with Gasteiger partial charge in [0.05, 0.1) is 66.3 Å². The van der Waals surface area contributed by atoms with Crippen molar-refractivity contribution in [3.05, 3.63) is 308 Å². The van der Waals surface area contributed by atoms with Crippen LogP contribution in [0.4, 0.5) is 0 Å². The lowest BCUT2D eigenvalue weighted by atomic mass is 9.78. The quantitative estimate of drug-likeness (QED) is 0.0529. The van der Waals surface area contributed by atoms with E-state index >= 15 is 0 Å². The first-order valence-corrected chi connectivity index (χ1v) is 31.5. The molecule has 6 heteroatoms. The van der Waals surface area contributed by atoms with Gasteiger partial charge in [0.25, 0.3) is 6.33 Å². The predicted octanol–water partition coefficient (Wildman–Crippen LogP) is 18.3. The molecule has 0 atom stereocenters. The van der Waals surface area contributed by atoms with Gasteiger partial charge in [0.2, 0.25) is 0 Å². The summed E-state index contributed by atoms with van der Waals surface area (Å²) in [6.07, 6.45) is 5.37. The van der Waals surface area contributed by atoms with Crippen LogP contribution >= 0.6 is 0 Å². The first-order valence-electron chi connectivity index (χ1n) is 41.5. The summed E-state index contributed by atoms with van der Waals surface area (Å²) in [6, 6.07) is 16.9. The molecule has 0 saturated heterocycles. The molecule has 0 bridgehead atoms. The fourth-order valence-corrected chi connectivity index (χ4v) is 15.3. The van der Waals surface area contributed by atoms with Crippen molar-refractivity contribution >= 4 is 61.7 Å². The van der Waals surface area contributed by atoms with E-state index in [1.54, 1.807) is 69.9 Å². The number of imidazole rings is 1. The second-order valence-electron chi connectivity index (χ2n) is 25.3. The second-order valence-corrected chi connectivity index (χ2v) is 28.8. The average Bonchev–Trinajstić information content (AvgIpc) is 0.683. The molecule has 3 aromatic heterocycles. The van der Waals surface area contributed by atoms with Crippen LogP contribution in [0.1, 0.15) is 112 Å². The number of benzene rings is 11. The van der Waals surface area contributed by atoms with Crippen LogP contribution in [0.15, 0.2) is 285 Å². The Bertz CT molecular complexity index is 6170. The molecule has 0 radical (unpaired) electrons. The van der Waals surface area contributed by atoms with Gasteiger partial charge < -0.3 is 4.74 Å². The molecule has 0 aliphatic heterocycles. The van der Waals surface area contributed by atoms with E-state index < -0.39 is 190 Å². The normalized spacial score (nSPS) is 16.0. The zero-order valence-corrected chi connectivity index (χ0v) is 52.0. The van der Waals surface area contributed by atoms with Crippen LogP contribution in [0, 0.1) is 6.33 Å². The Hall–Kier alpha value is -10.1. The lowest BCUT2D eigenvalue weighted by molar-refractivity contribution is -0.571. The van der Waals surface area contributed by atoms with Gasteiger partial charge in [0, 0.05) is 23.0 Å². The van der Waals surface area contributed by atoms with Crippen molar-refractivity contribution in [2.75, 3.05) is 0 Å². The van der Waals surface area contributed by atoms with E-state index in [2.05, 4.69) is 43.8 Å². The number of para-hydroxylation sites is 2. The monoisotopic (exact) mass is 1210 g/mol. The van der Waals surface area contributed by atoms with Gasteiger partial charge in [0.1, 0.15) is 17.3 Å². The van der Waals surface area contributed by atoms with Gasteiger partial charge in [-0.25, -0.2) is 4.98 Å². The Morgan fingerprint density at radius 3 is 1.64 bits per heavy atom. The van der Waals surface area contributed by atoms with Gasteiger partial charge in [-0.05, 0) is 142 Å². The van der Waals surface area contributed by atoms with Crippen LogP contribution in [0.2, 0.25) is 0 Å². The highest BCUT2D eigenvalue weighted by atomic mass is 28.3. The maximum Gasteiger partial charge on any atom is 0.269 e. The average molecular weight is 1210 g/mol. The van der Waals surface area contributed by atoms with Gasteiger partial charge in [0.15, 0.2) is 8.07 Å². The molecule has 440 valence electrons. The van der Waals surface area contributed by atoms with E-state index in [-0.39, 0.29) is 38.8 Å². The molecule has 14 rings (SSSR count). The van der Waals surface area contributed by atoms with Gasteiger partial charge in [-0.15, -0.1) is 0 Å². The molecular formula is C84H74N4OSi. The molecule has 0 saturated carbocycles. The number of hydrogen-bond acceptors (Lipinski definition) is 2. The van der Waals surface area contributed by atoms with E-state index in [1.807, 2.05) is 102 Å². The van der Waals surface area contributed by atoms with Crippen molar-refractivity contribution < 1.29 is 42.2 Å². The summed E-state index contributed by atoms with van der Waals surface area (Å²) in [6.45, 7) is 18.6. The molecule has 0 fully saturated rings. The SMILES string of the molecule is [2H]c1c([2H])c([2H])c(-c2ccc3c(c2)n(-c2cccc(Oc4ccc5c6ccccc6n(-c6cc(C(C)(C)C)ccn6)c5c4)c2)[c-][n+]3-c2c(-c3cc(C(C)(C)C)cc(C(C)(C)C)c3)cccc2-c2c([2H])c([2H])c([2H])c([Si](c3c([2H])c([2H])c([2H])c([2H])c3[2H])(c3c([2H])c([2H])c([2H])c([2H])c3[2H])c3c([2H])c([2H])c([2H])c([2H])c3[2H])c2[2H])c([2H])c1[2H]. The molecule has 0 aliphatic carbocycles. The lowest BCUT2D eigenvalue weighted by Gasteiger charge is -2.34. The van der Waals surface area contributed by atoms with E-state index in [0.29, 0.717) is 34.1 Å². The summed E-state index contributed by atoms with van der Waals surface area (Å²) >= 11 is 0. The zero-order chi connectivity index (χ0) is 82.8. The maximum absolute atomic E-state index is 11.1. The summed E-state index contributed by atoms with van der Waals surface area (Å²) in [5, 5.41) is -2.07. The van der Waals surface area contributed by atoms with Crippen molar-refractivity contribution in [1.29, 1.82) is 0 Å². The topological polar surface area (TPSA) is 35.9 Å². The fraction of sp³-hybridized carbons (Fsp3) is 0.143. The minimum Gasteiger partial charge on any atom is -0.458 e. The van der Waals surface area contributed by atoms with Crippen molar-refractivity contribution in [2.45, 2.75) is 78.6 Å². The standard InChI is InChI=1S/C84H74N4OSi/c1-82(2,3)62-47-48-85-80(54-62)88-76-42-23-22-39-74(76)75-45-44-67(56-78(75)88)89-66-31-25-30-65(55-66)86-57-87(77-46-43-59(52-79(77)86)58-27-14-10-15-28-58)81-72(40-26-41-73(81)61-49-63(83(4,5)6)53-64(50-61)84(7,8)9)60-29-24-38-71(51-60)90(68-32-16-11-17-33-68,69-34-18-12-19-35-69)70-36-20-13-21-37-70/h10-56H,1-9H3/i10D,11D,12D,13D,14D,15D,16D,17D,18D,19D,20D,21D,24D,27D,28D,29D,32D,33D,34D,35D,36D,37D,38D,51D. The highest BCUT2D eigenvalue weighted by Crippen LogP contribution is 2.41. The van der Waals surface area contributed by atoms with Crippen molar-refractivity contribution in [1.82, 2.24) is 14.1 Å². The van der Waals surface area contributed by atoms with Crippen molar-refractivity contribution in [3.63, 3.8) is 0 Å². The van der Waals surface area contributed by atoms with E-state index in [1.165, 1.54) is 6.07 Å². The van der Waals surface area contributed by atoms with Gasteiger partial charge >= 0.3 is 0 Å². The Morgan fingerprint density at radius 1 is 0.433 bits per heavy atom. The van der Waals surface area contributed by atoms with Gasteiger partial charge in [-0.3, -0.25) is 13.7 Å². The molecule has 14 aromatic rings. The summed E-state index contributed by atoms with van der Waals surface area (Å²) in [5.41, 5.74) is 4.30. The third-order valence-electron chi connectivity index (χ3n) is 16.4. The molecule has 0 aliphatic rings. The third kappa shape index (κ3) is 10.5. The van der Waals surface area contributed by atoms with Gasteiger partial charge in [-0.2, -0.15) is 0 Å². The molecule has 3 heterocycles. The smallest absolute Gasteiger partial charge is 0.269 e. The summed E-state index contributed by atoms with van der Waals surface area (Å²) in [7, 11) is -6.37. The first-order chi connectivity index (χ1) is 53.5. The molecule has 0 amide bonds. The van der Waals surface area contributed by atoms with E-state index in [9.17, 15) is 24.7 Å². The van der Waals surface area contributed by atoms with E-state index in [4.69, 9.17) is 17.9 Å². The zero-order valence-electron chi connectivity index (χ0n) is 75.0. The second kappa shape index (κ2) is 22.8. The molecule has 0 N–H and O–H groups in total. The first kappa shape index (κ1) is 36.4. The predicted molar refractivity (Wildman–Crippen MR) is 378 cm³/mol. The minimum absolute atomic E-state index is 0.0622. The van der Waals surface area contributed by atoms with Crippen molar-refractivity contribution in [2.24, 2.45) is 0 Å². The van der Waals surface area contributed by atoms with Gasteiger partial charge in [-0.1, -0.05) is 280 Å². The Labute approximate surface area is 564 Å². The highest BCUT2D eigenvalue weighted by molar-refractivity contribution is 7.19. The Morgan fingerprint density at radius 2 is 1.00 bits per heavy atom.